The maximum atomic E-state index is 12.6. The van der Waals surface area contributed by atoms with Crippen LogP contribution in [0, 0.1) is 0 Å². The summed E-state index contributed by atoms with van der Waals surface area (Å²) in [6.45, 7) is 3.08. The second-order valence-corrected chi connectivity index (χ2v) is 6.83. The van der Waals surface area contributed by atoms with E-state index >= 15 is 0 Å². The molecule has 0 saturated heterocycles. The van der Waals surface area contributed by atoms with Crippen LogP contribution in [0.5, 0.6) is 0 Å². The molecule has 0 fully saturated rings. The summed E-state index contributed by atoms with van der Waals surface area (Å²) >= 11 is 5.90. The highest BCUT2D eigenvalue weighted by atomic mass is 35.5. The first-order valence-corrected chi connectivity index (χ1v) is 9.14. The highest BCUT2D eigenvalue weighted by molar-refractivity contribution is 6.30. The van der Waals surface area contributed by atoms with E-state index in [0.29, 0.717) is 23.8 Å². The molecule has 2 heterocycles. The fraction of sp³-hybridized carbons (Fsp3) is 0.389. The number of amides is 1. The Morgan fingerprint density at radius 3 is 2.70 bits per heavy atom. The van der Waals surface area contributed by atoms with Crippen molar-refractivity contribution in [2.24, 2.45) is 0 Å². The maximum Gasteiger partial charge on any atom is 0.283 e. The summed E-state index contributed by atoms with van der Waals surface area (Å²) < 4.78 is 2.83. The molecule has 0 atom stereocenters. The third kappa shape index (κ3) is 4.33. The lowest BCUT2D eigenvalue weighted by Crippen LogP contribution is -2.34. The molecule has 0 aliphatic rings. The number of carbonyl (C=O) groups excluding carboxylic acids is 1. The van der Waals surface area contributed by atoms with Crippen molar-refractivity contribution in [3.8, 4) is 0 Å². The molecule has 3 rings (SSSR count). The van der Waals surface area contributed by atoms with E-state index in [2.05, 4.69) is 22.2 Å². The highest BCUT2D eigenvalue weighted by Gasteiger charge is 2.15. The van der Waals surface area contributed by atoms with Gasteiger partial charge in [-0.15, -0.1) is 5.10 Å². The number of carbonyl (C=O) groups is 1. The Kier molecular flexibility index (Phi) is 5.85. The molecular formula is C18H21ClN6O2. The molecule has 9 heteroatoms. The van der Waals surface area contributed by atoms with Crippen LogP contribution in [-0.4, -0.2) is 48.9 Å². The summed E-state index contributed by atoms with van der Waals surface area (Å²) in [6.07, 6.45) is 3.30. The molecular weight excluding hydrogens is 368 g/mol. The van der Waals surface area contributed by atoms with E-state index < -0.39 is 0 Å². The quantitative estimate of drug-likeness (QED) is 0.617. The lowest BCUT2D eigenvalue weighted by molar-refractivity contribution is -0.130. The van der Waals surface area contributed by atoms with Crippen molar-refractivity contribution in [1.82, 2.24) is 29.4 Å². The van der Waals surface area contributed by atoms with Gasteiger partial charge in [0.2, 0.25) is 5.91 Å². The third-order valence-corrected chi connectivity index (χ3v) is 4.57. The average Bonchev–Trinajstić information content (AvgIpc) is 3.07. The molecule has 2 aromatic heterocycles. The first-order valence-electron chi connectivity index (χ1n) is 8.76. The molecule has 0 aliphatic heterocycles. The van der Waals surface area contributed by atoms with E-state index in [9.17, 15) is 9.59 Å². The van der Waals surface area contributed by atoms with Crippen LogP contribution in [0.2, 0.25) is 5.02 Å². The topological polar surface area (TPSA) is 85.9 Å². The summed E-state index contributed by atoms with van der Waals surface area (Å²) in [7, 11) is 1.73. The third-order valence-electron chi connectivity index (χ3n) is 4.32. The SMILES string of the molecule is CCCCN(C)C(=O)Cn1cnc2c(nnn2Cc2ccc(Cl)cc2)c1=O. The van der Waals surface area contributed by atoms with Gasteiger partial charge in [0, 0.05) is 18.6 Å². The van der Waals surface area contributed by atoms with Gasteiger partial charge in [-0.05, 0) is 24.1 Å². The normalized spacial score (nSPS) is 11.1. The van der Waals surface area contributed by atoms with Gasteiger partial charge in [0.1, 0.15) is 12.9 Å². The summed E-state index contributed by atoms with van der Waals surface area (Å²) in [4.78, 5) is 30.8. The number of nitrogens with zero attached hydrogens (tertiary/aromatic N) is 6. The van der Waals surface area contributed by atoms with E-state index in [1.807, 2.05) is 12.1 Å². The van der Waals surface area contributed by atoms with Gasteiger partial charge < -0.3 is 4.90 Å². The number of aromatic nitrogens is 5. The second-order valence-electron chi connectivity index (χ2n) is 6.39. The van der Waals surface area contributed by atoms with Crippen LogP contribution >= 0.6 is 11.6 Å². The number of benzene rings is 1. The average molecular weight is 389 g/mol. The second kappa shape index (κ2) is 8.30. The van der Waals surface area contributed by atoms with Crippen molar-refractivity contribution in [1.29, 1.82) is 0 Å². The Bertz CT molecular complexity index is 995. The summed E-state index contributed by atoms with van der Waals surface area (Å²) in [6, 6.07) is 7.33. The zero-order chi connectivity index (χ0) is 19.4. The molecule has 3 aromatic rings. The van der Waals surface area contributed by atoms with Crippen LogP contribution in [0.3, 0.4) is 0 Å². The van der Waals surface area contributed by atoms with E-state index in [0.717, 1.165) is 18.4 Å². The van der Waals surface area contributed by atoms with Crippen molar-refractivity contribution in [2.45, 2.75) is 32.9 Å². The van der Waals surface area contributed by atoms with E-state index in [1.165, 1.54) is 10.9 Å². The number of likely N-dealkylation sites (N-methyl/N-ethyl adjacent to an activating group) is 1. The zero-order valence-electron chi connectivity index (χ0n) is 15.3. The van der Waals surface area contributed by atoms with Crippen LogP contribution in [0.4, 0.5) is 0 Å². The molecule has 0 aliphatic carbocycles. The molecule has 0 N–H and O–H groups in total. The number of rotatable bonds is 7. The van der Waals surface area contributed by atoms with Crippen LogP contribution in [0.25, 0.3) is 11.2 Å². The highest BCUT2D eigenvalue weighted by Crippen LogP contribution is 2.12. The first-order chi connectivity index (χ1) is 13.0. The van der Waals surface area contributed by atoms with Crippen molar-refractivity contribution >= 4 is 28.7 Å². The van der Waals surface area contributed by atoms with Crippen LogP contribution in [0.15, 0.2) is 35.4 Å². The van der Waals surface area contributed by atoms with Crippen molar-refractivity contribution in [2.75, 3.05) is 13.6 Å². The molecule has 142 valence electrons. The van der Waals surface area contributed by atoms with Crippen LogP contribution in [0.1, 0.15) is 25.3 Å². The molecule has 0 bridgehead atoms. The summed E-state index contributed by atoms with van der Waals surface area (Å²) in [5.74, 6) is -0.139. The lowest BCUT2D eigenvalue weighted by atomic mass is 10.2. The fourth-order valence-corrected chi connectivity index (χ4v) is 2.78. The molecule has 8 nitrogen and oxygen atoms in total. The Morgan fingerprint density at radius 2 is 2.00 bits per heavy atom. The predicted molar refractivity (Wildman–Crippen MR) is 103 cm³/mol. The number of hydrogen-bond acceptors (Lipinski definition) is 5. The maximum absolute atomic E-state index is 12.6. The Morgan fingerprint density at radius 1 is 1.26 bits per heavy atom. The van der Waals surface area contributed by atoms with Gasteiger partial charge in [-0.3, -0.25) is 14.2 Å². The largest absolute Gasteiger partial charge is 0.344 e. The first kappa shape index (κ1) is 19.0. The lowest BCUT2D eigenvalue weighted by Gasteiger charge is -2.17. The number of fused-ring (bicyclic) bond motifs is 1. The Labute approximate surface area is 161 Å². The Balaban J connectivity index is 1.81. The molecule has 0 saturated carbocycles. The molecule has 0 spiro atoms. The molecule has 1 amide bonds. The van der Waals surface area contributed by atoms with Gasteiger partial charge in [0.15, 0.2) is 11.2 Å². The van der Waals surface area contributed by atoms with Gasteiger partial charge >= 0.3 is 0 Å². The van der Waals surface area contributed by atoms with Crippen molar-refractivity contribution in [3.05, 3.63) is 51.5 Å². The Hall–Kier alpha value is -2.74. The van der Waals surface area contributed by atoms with Gasteiger partial charge in [-0.2, -0.15) is 0 Å². The van der Waals surface area contributed by atoms with E-state index in [1.54, 1.807) is 28.8 Å². The minimum atomic E-state index is -0.375. The summed E-state index contributed by atoms with van der Waals surface area (Å²) in [5.41, 5.74) is 1.12. The van der Waals surface area contributed by atoms with E-state index in [4.69, 9.17) is 11.6 Å². The number of unbranched alkanes of at least 4 members (excludes halogenated alkanes) is 1. The minimum Gasteiger partial charge on any atom is -0.344 e. The molecule has 0 unspecified atom stereocenters. The monoisotopic (exact) mass is 388 g/mol. The smallest absolute Gasteiger partial charge is 0.283 e. The summed E-state index contributed by atoms with van der Waals surface area (Å²) in [5, 5.41) is 8.64. The molecule has 27 heavy (non-hydrogen) atoms. The molecule has 1 aromatic carbocycles. The van der Waals surface area contributed by atoms with Crippen LogP contribution in [-0.2, 0) is 17.9 Å². The van der Waals surface area contributed by atoms with Crippen LogP contribution < -0.4 is 5.56 Å². The number of halogens is 1. The van der Waals surface area contributed by atoms with Gasteiger partial charge in [0.05, 0.1) is 6.54 Å². The van der Waals surface area contributed by atoms with Gasteiger partial charge in [-0.1, -0.05) is 42.3 Å². The van der Waals surface area contributed by atoms with Crippen molar-refractivity contribution < 1.29 is 4.79 Å². The zero-order valence-corrected chi connectivity index (χ0v) is 16.1. The predicted octanol–water partition coefficient (Wildman–Crippen LogP) is 1.95. The van der Waals surface area contributed by atoms with Gasteiger partial charge in [-0.25, -0.2) is 9.67 Å². The van der Waals surface area contributed by atoms with E-state index in [-0.39, 0.29) is 23.5 Å². The van der Waals surface area contributed by atoms with Gasteiger partial charge in [0.25, 0.3) is 5.56 Å². The fourth-order valence-electron chi connectivity index (χ4n) is 2.66. The molecule has 0 radical (unpaired) electrons. The van der Waals surface area contributed by atoms with Crippen molar-refractivity contribution in [3.63, 3.8) is 0 Å². The minimum absolute atomic E-state index is 0.0635. The standard InChI is InChI=1S/C18H21ClN6O2/c1-3-4-9-23(2)15(26)11-24-12-20-17-16(18(24)27)21-22-25(17)10-13-5-7-14(19)8-6-13/h5-8,12H,3-4,9-11H2,1-2H3. The number of hydrogen-bond donors (Lipinski definition) is 0.